The first-order valence-electron chi connectivity index (χ1n) is 15.1. The zero-order chi connectivity index (χ0) is 32.9. The van der Waals surface area contributed by atoms with Crippen LogP contribution in [0.3, 0.4) is 0 Å². The number of aryl methyl sites for hydroxylation is 1. The molecule has 0 saturated carbocycles. The summed E-state index contributed by atoms with van der Waals surface area (Å²) in [5.74, 6) is 0.126. The second-order valence-corrected chi connectivity index (χ2v) is 15.4. The molecule has 0 unspecified atom stereocenters. The van der Waals surface area contributed by atoms with Crippen LogP contribution in [-0.4, -0.2) is 81.0 Å². The van der Waals surface area contributed by atoms with Gasteiger partial charge in [0.05, 0.1) is 29.1 Å². The quantitative estimate of drug-likeness (QED) is 0.273. The first-order valence-corrected chi connectivity index (χ1v) is 17.9. The van der Waals surface area contributed by atoms with E-state index in [0.29, 0.717) is 73.2 Å². The summed E-state index contributed by atoms with van der Waals surface area (Å²) in [5.41, 5.74) is 4.90. The maximum Gasteiger partial charge on any atom is 0.270 e. The molecule has 2 amide bonds. The van der Waals surface area contributed by atoms with Gasteiger partial charge in [0.1, 0.15) is 26.6 Å². The Kier molecular flexibility index (Phi) is 7.77. The van der Waals surface area contributed by atoms with Crippen LogP contribution in [0.1, 0.15) is 49.7 Å². The van der Waals surface area contributed by atoms with Crippen LogP contribution in [0, 0.1) is 11.3 Å². The third-order valence-electron chi connectivity index (χ3n) is 8.80. The van der Waals surface area contributed by atoms with E-state index in [1.807, 2.05) is 24.3 Å². The van der Waals surface area contributed by atoms with Gasteiger partial charge in [-0.3, -0.25) is 14.3 Å². The number of carbonyl (C=O) groups excluding carboxylic acids is 2. The predicted molar refractivity (Wildman–Crippen MR) is 178 cm³/mol. The molecule has 1 fully saturated rings. The van der Waals surface area contributed by atoms with Crippen molar-refractivity contribution in [1.29, 1.82) is 5.26 Å². The summed E-state index contributed by atoms with van der Waals surface area (Å²) in [7, 11) is -1.37. The third kappa shape index (κ3) is 5.97. The minimum absolute atomic E-state index is 0.136. The van der Waals surface area contributed by atoms with Gasteiger partial charge in [-0.2, -0.15) is 10.4 Å². The summed E-state index contributed by atoms with van der Waals surface area (Å²) < 4.78 is 25.3. The number of aromatic amines is 1. The predicted octanol–water partition coefficient (Wildman–Crippen LogP) is 3.76. The smallest absolute Gasteiger partial charge is 0.270 e. The largest absolute Gasteiger partial charge is 0.351 e. The number of aromatic nitrogens is 5. The summed E-state index contributed by atoms with van der Waals surface area (Å²) in [6.45, 7) is 1.98. The molecule has 6 heterocycles. The monoisotopic (exact) mass is 669 g/mol. The Morgan fingerprint density at radius 1 is 1.09 bits per heavy atom. The Balaban J connectivity index is 1.03. The van der Waals surface area contributed by atoms with Crippen LogP contribution in [0.5, 0.6) is 0 Å². The van der Waals surface area contributed by atoms with Crippen LogP contribution in [0.4, 0.5) is 10.9 Å². The molecule has 1 aromatic carbocycles. The SMILES string of the molecule is Cn1cc(C(=O)Nc2sc3c(c2C#N)CCN(c2ncc(-c4ccc5[nH]c(C(=O)N6CCC(S(C)(=O)=O)CC6)cc5c4)cn2)C3)cn1. The normalized spacial score (nSPS) is 15.4. The molecular weight excluding hydrogens is 639 g/mol. The zero-order valence-corrected chi connectivity index (χ0v) is 27.4. The number of amides is 2. The highest BCUT2D eigenvalue weighted by Gasteiger charge is 2.30. The summed E-state index contributed by atoms with van der Waals surface area (Å²) in [6.07, 6.45) is 9.45. The number of nitrogens with one attached hydrogen (secondary N) is 2. The summed E-state index contributed by atoms with van der Waals surface area (Å²) in [6, 6.07) is 9.96. The fourth-order valence-electron chi connectivity index (χ4n) is 6.21. The molecule has 2 aliphatic heterocycles. The molecule has 2 N–H and O–H groups in total. The molecule has 5 aromatic rings. The Labute approximate surface area is 274 Å². The molecule has 4 aromatic heterocycles. The van der Waals surface area contributed by atoms with E-state index in [9.17, 15) is 23.3 Å². The first kappa shape index (κ1) is 30.6. The van der Waals surface area contributed by atoms with Gasteiger partial charge in [-0.1, -0.05) is 6.07 Å². The number of sulfone groups is 1. The van der Waals surface area contributed by atoms with Crippen molar-refractivity contribution in [2.24, 2.45) is 7.05 Å². The van der Waals surface area contributed by atoms with E-state index in [4.69, 9.17) is 0 Å². The van der Waals surface area contributed by atoms with E-state index in [1.165, 1.54) is 23.8 Å². The maximum atomic E-state index is 13.2. The summed E-state index contributed by atoms with van der Waals surface area (Å²) in [4.78, 5) is 43.2. The van der Waals surface area contributed by atoms with Gasteiger partial charge in [0.2, 0.25) is 5.95 Å². The molecule has 7 rings (SSSR count). The van der Waals surface area contributed by atoms with Gasteiger partial charge in [-0.15, -0.1) is 11.3 Å². The molecule has 0 bridgehead atoms. The fourth-order valence-corrected chi connectivity index (χ4v) is 8.49. The molecule has 0 aliphatic carbocycles. The van der Waals surface area contributed by atoms with E-state index < -0.39 is 15.1 Å². The number of nitrogens with zero attached hydrogens (tertiary/aromatic N) is 7. The highest BCUT2D eigenvalue weighted by atomic mass is 32.2. The van der Waals surface area contributed by atoms with Crippen molar-refractivity contribution < 1.29 is 18.0 Å². The van der Waals surface area contributed by atoms with Gasteiger partial charge < -0.3 is 20.1 Å². The van der Waals surface area contributed by atoms with E-state index in [0.717, 1.165) is 32.5 Å². The lowest BCUT2D eigenvalue weighted by Crippen LogP contribution is -2.42. The number of fused-ring (bicyclic) bond motifs is 2. The van der Waals surface area contributed by atoms with E-state index in [1.54, 1.807) is 35.2 Å². The number of H-pyrrole nitrogens is 1. The number of rotatable bonds is 6. The Morgan fingerprint density at radius 3 is 2.53 bits per heavy atom. The minimum atomic E-state index is -3.11. The van der Waals surface area contributed by atoms with Crippen LogP contribution in [0.15, 0.2) is 49.1 Å². The average Bonchev–Trinajstić information content (AvgIpc) is 3.79. The van der Waals surface area contributed by atoms with Crippen molar-refractivity contribution in [3.63, 3.8) is 0 Å². The van der Waals surface area contributed by atoms with Gasteiger partial charge in [-0.25, -0.2) is 18.4 Å². The minimum Gasteiger partial charge on any atom is -0.351 e. The maximum absolute atomic E-state index is 13.2. The average molecular weight is 670 g/mol. The number of thiophene rings is 1. The number of nitriles is 1. The van der Waals surface area contributed by atoms with Crippen LogP contribution >= 0.6 is 11.3 Å². The molecule has 0 spiro atoms. The lowest BCUT2D eigenvalue weighted by molar-refractivity contribution is 0.0720. The number of anilines is 2. The lowest BCUT2D eigenvalue weighted by atomic mass is 10.0. The Bertz CT molecular complexity index is 2170. The van der Waals surface area contributed by atoms with Crippen LogP contribution in [-0.2, 0) is 29.9 Å². The molecule has 13 nitrogen and oxygen atoms in total. The number of hydrogen-bond donors (Lipinski definition) is 2. The van der Waals surface area contributed by atoms with Gasteiger partial charge in [0.15, 0.2) is 0 Å². The van der Waals surface area contributed by atoms with E-state index in [-0.39, 0.29) is 11.8 Å². The van der Waals surface area contributed by atoms with Gasteiger partial charge in [0, 0.05) is 72.9 Å². The number of likely N-dealkylation sites (tertiary alicyclic amines) is 1. The van der Waals surface area contributed by atoms with Gasteiger partial charge >= 0.3 is 0 Å². The highest BCUT2D eigenvalue weighted by Crippen LogP contribution is 2.38. The van der Waals surface area contributed by atoms with Crippen molar-refractivity contribution in [3.8, 4) is 17.2 Å². The second-order valence-electron chi connectivity index (χ2n) is 11.9. The van der Waals surface area contributed by atoms with Crippen molar-refractivity contribution in [3.05, 3.63) is 76.3 Å². The molecule has 47 heavy (non-hydrogen) atoms. The van der Waals surface area contributed by atoms with Gasteiger partial charge in [-0.05, 0) is 48.6 Å². The summed E-state index contributed by atoms with van der Waals surface area (Å²) >= 11 is 1.40. The van der Waals surface area contributed by atoms with Crippen molar-refractivity contribution in [2.75, 3.05) is 36.1 Å². The lowest BCUT2D eigenvalue weighted by Gasteiger charge is -2.30. The fraction of sp³-hybridized carbons (Fsp3) is 0.312. The number of carbonyl (C=O) groups is 2. The second kappa shape index (κ2) is 11.9. The van der Waals surface area contributed by atoms with Crippen molar-refractivity contribution in [2.45, 2.75) is 31.1 Å². The van der Waals surface area contributed by atoms with Crippen molar-refractivity contribution >= 4 is 54.8 Å². The third-order valence-corrected chi connectivity index (χ3v) is 11.6. The Hall–Kier alpha value is -5.07. The van der Waals surface area contributed by atoms with E-state index >= 15 is 0 Å². The number of benzene rings is 1. The molecule has 0 radical (unpaired) electrons. The number of hydrogen-bond acceptors (Lipinski definition) is 10. The topological polar surface area (TPSA) is 170 Å². The summed E-state index contributed by atoms with van der Waals surface area (Å²) in [5, 5.41) is 17.8. The zero-order valence-electron chi connectivity index (χ0n) is 25.7. The Morgan fingerprint density at radius 2 is 1.85 bits per heavy atom. The molecule has 0 atom stereocenters. The van der Waals surface area contributed by atoms with Crippen molar-refractivity contribution in [1.82, 2.24) is 29.6 Å². The van der Waals surface area contributed by atoms with Crippen LogP contribution in [0.25, 0.3) is 22.0 Å². The molecular formula is C32H31N9O4S2. The van der Waals surface area contributed by atoms with Crippen LogP contribution < -0.4 is 10.2 Å². The highest BCUT2D eigenvalue weighted by molar-refractivity contribution is 7.91. The number of piperidine rings is 1. The first-order chi connectivity index (χ1) is 22.6. The van der Waals surface area contributed by atoms with Gasteiger partial charge in [0.25, 0.3) is 11.8 Å². The molecule has 2 aliphatic rings. The van der Waals surface area contributed by atoms with Crippen LogP contribution in [0.2, 0.25) is 0 Å². The molecule has 240 valence electrons. The molecule has 1 saturated heterocycles. The van der Waals surface area contributed by atoms with E-state index in [2.05, 4.69) is 36.3 Å². The molecule has 15 heteroatoms. The standard InChI is InChI=1S/C32H31N9O4S2/c1-39-17-22(16-36-39)29(42)38-30-25(13-33)24-7-10-41(18-28(24)46-30)32-34-14-21(15-35-32)19-3-4-26-20(11-19)12-27(37-26)31(43)40-8-5-23(6-9-40)47(2,44)45/h3-4,11-12,14-17,23,37H,5-10,18H2,1-2H3,(H,38,42).